The van der Waals surface area contributed by atoms with E-state index in [1.165, 1.54) is 18.2 Å². The molecule has 0 spiro atoms. The molecule has 0 aliphatic carbocycles. The highest BCUT2D eigenvalue weighted by molar-refractivity contribution is 7.96. The van der Waals surface area contributed by atoms with Crippen LogP contribution in [0.5, 0.6) is 0 Å². The van der Waals surface area contributed by atoms with Crippen LogP contribution in [0.15, 0.2) is 22.6 Å². The Hall–Kier alpha value is -1.89. The van der Waals surface area contributed by atoms with E-state index in [-0.39, 0.29) is 23.4 Å². The average Bonchev–Trinajstić information content (AvgIpc) is 2.70. The lowest BCUT2D eigenvalue weighted by Gasteiger charge is -2.04. The van der Waals surface area contributed by atoms with Crippen LogP contribution < -0.4 is 0 Å². The maximum absolute atomic E-state index is 13.4. The van der Waals surface area contributed by atoms with E-state index in [4.69, 9.17) is 9.52 Å². The number of carboxylic acids is 1. The molecule has 7 heteroatoms. The number of fused-ring (bicyclic) bond motifs is 1. The van der Waals surface area contributed by atoms with Crippen molar-refractivity contribution in [2.45, 2.75) is 12.3 Å². The summed E-state index contributed by atoms with van der Waals surface area (Å²) >= 11 is 3.52. The van der Waals surface area contributed by atoms with Gasteiger partial charge in [-0.2, -0.15) is 0 Å². The molecule has 18 heavy (non-hydrogen) atoms. The normalized spacial score (nSPS) is 12.6. The molecule has 0 fully saturated rings. The van der Waals surface area contributed by atoms with E-state index in [9.17, 15) is 14.0 Å². The Labute approximate surface area is 106 Å². The molecule has 1 N–H and O–H groups in total. The Morgan fingerprint density at radius 3 is 2.78 bits per heavy atom. The molecule has 0 radical (unpaired) electrons. The molecule has 1 heterocycles. The molecular weight excluding hydrogens is 261 g/mol. The van der Waals surface area contributed by atoms with E-state index in [1.807, 2.05) is 0 Å². The van der Waals surface area contributed by atoms with Crippen LogP contribution in [0.1, 0.15) is 18.2 Å². The van der Waals surface area contributed by atoms with Gasteiger partial charge in [0.05, 0.1) is 0 Å². The monoisotopic (exact) mass is 269 g/mol. The van der Waals surface area contributed by atoms with E-state index in [0.717, 1.165) is 0 Å². The molecule has 2 rings (SSSR count). The van der Waals surface area contributed by atoms with Crippen molar-refractivity contribution < 1.29 is 23.5 Å². The first-order valence-electron chi connectivity index (χ1n) is 4.98. The lowest BCUT2D eigenvalue weighted by Crippen LogP contribution is -2.14. The topological polar surface area (TPSA) is 80.4 Å². The summed E-state index contributed by atoms with van der Waals surface area (Å²) in [6, 6.07) is 4.08. The minimum atomic E-state index is -1.27. The fourth-order valence-electron chi connectivity index (χ4n) is 1.54. The number of aromatic nitrogens is 1. The van der Waals surface area contributed by atoms with Crippen LogP contribution in [0, 0.1) is 5.82 Å². The lowest BCUT2D eigenvalue weighted by molar-refractivity contribution is -0.140. The predicted molar refractivity (Wildman–Crippen MR) is 63.0 cm³/mol. The molecule has 0 saturated carbocycles. The van der Waals surface area contributed by atoms with Crippen LogP contribution in [0.3, 0.4) is 0 Å². The molecular formula is C11H8FNO4S. The molecule has 0 aliphatic rings. The van der Waals surface area contributed by atoms with Crippen molar-refractivity contribution in [1.82, 2.24) is 4.98 Å². The number of rotatable bonds is 4. The number of aliphatic carboxylic acids is 1. The van der Waals surface area contributed by atoms with Crippen molar-refractivity contribution in [3.05, 3.63) is 29.9 Å². The summed E-state index contributed by atoms with van der Waals surface area (Å²) in [6.07, 6.45) is -0.368. The summed E-state index contributed by atoms with van der Waals surface area (Å²) in [7, 11) is 0. The van der Waals surface area contributed by atoms with Gasteiger partial charge in [-0.1, -0.05) is 6.07 Å². The summed E-state index contributed by atoms with van der Waals surface area (Å²) in [5, 5.41) is 8.38. The third-order valence-corrected chi connectivity index (χ3v) is 2.54. The van der Waals surface area contributed by atoms with E-state index < -0.39 is 22.8 Å². The number of carbonyl (C=O) groups is 2. The zero-order valence-electron chi connectivity index (χ0n) is 8.96. The molecule has 1 atom stereocenters. The van der Waals surface area contributed by atoms with Gasteiger partial charge in [0.1, 0.15) is 11.4 Å². The summed E-state index contributed by atoms with van der Waals surface area (Å²) < 4.78 is 18.5. The Kier molecular flexibility index (Phi) is 3.33. The fraction of sp³-hybridized carbons (Fsp3) is 0.182. The zero-order chi connectivity index (χ0) is 13.3. The number of carboxylic acid groups (broad SMARTS) is 1. The van der Waals surface area contributed by atoms with Gasteiger partial charge in [0.25, 0.3) is 0 Å². The van der Waals surface area contributed by atoms with E-state index in [2.05, 4.69) is 17.6 Å². The number of benzene rings is 1. The number of thiol groups is 1. The number of carbonyl (C=O) groups excluding carboxylic acids is 1. The minimum Gasteiger partial charge on any atom is -0.481 e. The molecule has 1 aromatic carbocycles. The maximum Gasteiger partial charge on any atom is 0.316 e. The number of nitrogens with zero attached hydrogens (tertiary/aromatic N) is 1. The van der Waals surface area contributed by atoms with E-state index in [0.29, 0.717) is 0 Å². The summed E-state index contributed by atoms with van der Waals surface area (Å²) in [4.78, 5) is 25.7. The largest absolute Gasteiger partial charge is 0.481 e. The maximum atomic E-state index is 13.4. The second-order valence-electron chi connectivity index (χ2n) is 3.63. The van der Waals surface area contributed by atoms with Crippen molar-refractivity contribution in [2.24, 2.45) is 0 Å². The van der Waals surface area contributed by atoms with Crippen molar-refractivity contribution >= 4 is 34.8 Å². The molecule has 5 nitrogen and oxygen atoms in total. The molecule has 0 amide bonds. The second kappa shape index (κ2) is 4.77. The second-order valence-corrected chi connectivity index (χ2v) is 4.13. The van der Waals surface area contributed by atoms with Gasteiger partial charge in [-0.25, -0.2) is 9.37 Å². The first-order chi connectivity index (χ1) is 8.49. The van der Waals surface area contributed by atoms with Gasteiger partial charge in [0.15, 0.2) is 16.5 Å². The third-order valence-electron chi connectivity index (χ3n) is 2.36. The standard InChI is InChI=1S/C11H8FNO4S/c12-6-2-1-3-7-9(6)13-10(17-7)5(11(15)16)4-8(14)18/h1-3,5H,4H2,(H,14,18)(H,15,16). The highest BCUT2D eigenvalue weighted by atomic mass is 32.1. The average molecular weight is 269 g/mol. The first-order valence-corrected chi connectivity index (χ1v) is 5.43. The van der Waals surface area contributed by atoms with Crippen LogP contribution in [0.4, 0.5) is 4.39 Å². The van der Waals surface area contributed by atoms with Gasteiger partial charge >= 0.3 is 5.97 Å². The van der Waals surface area contributed by atoms with Gasteiger partial charge in [-0.3, -0.25) is 9.59 Å². The van der Waals surface area contributed by atoms with Crippen molar-refractivity contribution in [2.75, 3.05) is 0 Å². The van der Waals surface area contributed by atoms with Gasteiger partial charge in [0.2, 0.25) is 5.89 Å². The molecule has 0 aliphatic heterocycles. The Morgan fingerprint density at radius 1 is 1.50 bits per heavy atom. The highest BCUT2D eigenvalue weighted by Gasteiger charge is 2.28. The molecule has 94 valence electrons. The Bertz CT molecular complexity index is 625. The molecule has 0 bridgehead atoms. The number of hydrogen-bond donors (Lipinski definition) is 2. The number of hydrogen-bond acceptors (Lipinski definition) is 4. The fourth-order valence-corrected chi connectivity index (χ4v) is 1.72. The molecule has 0 saturated heterocycles. The molecule has 1 unspecified atom stereocenters. The highest BCUT2D eigenvalue weighted by Crippen LogP contribution is 2.26. The zero-order valence-corrected chi connectivity index (χ0v) is 9.86. The Morgan fingerprint density at radius 2 is 2.22 bits per heavy atom. The van der Waals surface area contributed by atoms with Gasteiger partial charge in [0, 0.05) is 6.42 Å². The van der Waals surface area contributed by atoms with Crippen LogP contribution >= 0.6 is 12.6 Å². The quantitative estimate of drug-likeness (QED) is 0.829. The number of halogens is 1. The number of oxazole rings is 1. The SMILES string of the molecule is O=C(S)CC(C(=O)O)c1nc2c(F)cccc2o1. The van der Waals surface area contributed by atoms with Crippen molar-refractivity contribution in [3.8, 4) is 0 Å². The smallest absolute Gasteiger partial charge is 0.316 e. The Balaban J connectivity index is 2.48. The van der Waals surface area contributed by atoms with Gasteiger partial charge in [-0.15, -0.1) is 12.6 Å². The van der Waals surface area contributed by atoms with Gasteiger partial charge < -0.3 is 9.52 Å². The van der Waals surface area contributed by atoms with Crippen LogP contribution in [0.2, 0.25) is 0 Å². The first kappa shape index (κ1) is 12.6. The van der Waals surface area contributed by atoms with E-state index in [1.54, 1.807) is 0 Å². The molecule has 1 aromatic heterocycles. The summed E-state index contributed by atoms with van der Waals surface area (Å²) in [5.74, 6) is -3.35. The van der Waals surface area contributed by atoms with Crippen LogP contribution in [-0.2, 0) is 9.59 Å². The number of para-hydroxylation sites is 1. The van der Waals surface area contributed by atoms with E-state index >= 15 is 0 Å². The predicted octanol–water partition coefficient (Wildman–Crippen LogP) is 1.98. The van der Waals surface area contributed by atoms with Crippen LogP contribution in [-0.4, -0.2) is 21.2 Å². The lowest BCUT2D eigenvalue weighted by atomic mass is 10.1. The van der Waals surface area contributed by atoms with Gasteiger partial charge in [-0.05, 0) is 12.1 Å². The third kappa shape index (κ3) is 2.35. The van der Waals surface area contributed by atoms with Crippen molar-refractivity contribution in [1.29, 1.82) is 0 Å². The minimum absolute atomic E-state index is 0.0506. The van der Waals surface area contributed by atoms with Crippen LogP contribution in [0.25, 0.3) is 11.1 Å². The summed E-state index contributed by atoms with van der Waals surface area (Å²) in [5.41, 5.74) is 0.0910. The molecule has 2 aromatic rings. The van der Waals surface area contributed by atoms with Crippen molar-refractivity contribution in [3.63, 3.8) is 0 Å². The summed E-state index contributed by atoms with van der Waals surface area (Å²) in [6.45, 7) is 0.